The lowest BCUT2D eigenvalue weighted by Gasteiger charge is -2.33. The fourth-order valence-electron chi connectivity index (χ4n) is 2.62. The van der Waals surface area contributed by atoms with Gasteiger partial charge in [-0.25, -0.2) is 8.42 Å². The van der Waals surface area contributed by atoms with Crippen molar-refractivity contribution in [1.29, 1.82) is 0 Å². The van der Waals surface area contributed by atoms with Gasteiger partial charge in [0.1, 0.15) is 0 Å². The summed E-state index contributed by atoms with van der Waals surface area (Å²) >= 11 is 9.36. The summed E-state index contributed by atoms with van der Waals surface area (Å²) in [7, 11) is -3.54. The topological polar surface area (TPSA) is 49.4 Å². The van der Waals surface area contributed by atoms with Crippen LogP contribution in [0.4, 0.5) is 0 Å². The molecule has 2 rings (SSSR count). The van der Waals surface area contributed by atoms with Crippen molar-refractivity contribution in [2.45, 2.75) is 37.1 Å². The molecule has 1 aromatic carbocycles. The first kappa shape index (κ1) is 17.2. The summed E-state index contributed by atoms with van der Waals surface area (Å²) in [6, 6.07) is 5.02. The van der Waals surface area contributed by atoms with Gasteiger partial charge in [0, 0.05) is 12.6 Å². The summed E-state index contributed by atoms with van der Waals surface area (Å²) < 4.78 is 28.1. The van der Waals surface area contributed by atoms with Gasteiger partial charge in [0.05, 0.1) is 14.4 Å². The first-order valence-electron chi connectivity index (χ1n) is 7.15. The molecule has 0 radical (unpaired) electrons. The fourth-order valence-corrected chi connectivity index (χ4v) is 5.60. The Morgan fingerprint density at radius 2 is 2.05 bits per heavy atom. The molecule has 118 valence electrons. The average Bonchev–Trinajstić information content (AvgIpc) is 2.48. The Labute approximate surface area is 140 Å². The van der Waals surface area contributed by atoms with Crippen LogP contribution in [0.15, 0.2) is 27.6 Å². The molecule has 0 spiro atoms. The number of benzene rings is 1. The molecule has 7 heteroatoms. The predicted octanol–water partition coefficient (Wildman–Crippen LogP) is 3.26. The quantitative estimate of drug-likeness (QED) is 0.832. The summed E-state index contributed by atoms with van der Waals surface area (Å²) in [4.78, 5) is 0.252. The molecule has 21 heavy (non-hydrogen) atoms. The van der Waals surface area contributed by atoms with E-state index >= 15 is 0 Å². The van der Waals surface area contributed by atoms with E-state index in [1.54, 1.807) is 22.5 Å². The second-order valence-corrected chi connectivity index (χ2v) is 8.21. The lowest BCUT2D eigenvalue weighted by Crippen LogP contribution is -2.46. The SMILES string of the molecule is CCCN(C1CCNCC1)S(=O)(=O)c1cccc(Cl)c1Br. The molecule has 0 bridgehead atoms. The molecule has 0 aromatic heterocycles. The molecule has 1 aromatic rings. The minimum absolute atomic E-state index is 0.0575. The van der Waals surface area contributed by atoms with Crippen molar-refractivity contribution >= 4 is 37.6 Å². The Balaban J connectivity index is 2.39. The Morgan fingerprint density at radius 3 is 2.67 bits per heavy atom. The van der Waals surface area contributed by atoms with Gasteiger partial charge in [-0.1, -0.05) is 24.6 Å². The summed E-state index contributed by atoms with van der Waals surface area (Å²) in [5.41, 5.74) is 0. The van der Waals surface area contributed by atoms with E-state index in [1.165, 1.54) is 0 Å². The van der Waals surface area contributed by atoms with Crippen molar-refractivity contribution in [3.05, 3.63) is 27.7 Å². The van der Waals surface area contributed by atoms with Crippen LogP contribution in [-0.2, 0) is 10.0 Å². The van der Waals surface area contributed by atoms with Gasteiger partial charge in [-0.15, -0.1) is 0 Å². The van der Waals surface area contributed by atoms with Crippen LogP contribution in [0.2, 0.25) is 5.02 Å². The normalized spacial score (nSPS) is 17.3. The third kappa shape index (κ3) is 3.79. The van der Waals surface area contributed by atoms with E-state index in [2.05, 4.69) is 21.2 Å². The molecular weight excluding hydrogens is 376 g/mol. The number of halogens is 2. The highest BCUT2D eigenvalue weighted by molar-refractivity contribution is 9.10. The zero-order valence-corrected chi connectivity index (χ0v) is 15.1. The maximum Gasteiger partial charge on any atom is 0.244 e. The molecule has 1 N–H and O–H groups in total. The Bertz CT molecular complexity index is 589. The third-order valence-corrected chi connectivity index (χ3v) is 7.32. The van der Waals surface area contributed by atoms with E-state index in [4.69, 9.17) is 11.6 Å². The second kappa shape index (κ2) is 7.42. The molecule has 1 saturated heterocycles. The lowest BCUT2D eigenvalue weighted by molar-refractivity contribution is 0.262. The number of rotatable bonds is 5. The Morgan fingerprint density at radius 1 is 1.38 bits per heavy atom. The summed E-state index contributed by atoms with van der Waals surface area (Å²) in [6.45, 7) is 4.25. The van der Waals surface area contributed by atoms with E-state index < -0.39 is 10.0 Å². The minimum atomic E-state index is -3.54. The van der Waals surface area contributed by atoms with Crippen LogP contribution >= 0.6 is 27.5 Å². The van der Waals surface area contributed by atoms with Crippen LogP contribution in [0, 0.1) is 0 Å². The van der Waals surface area contributed by atoms with E-state index in [9.17, 15) is 8.42 Å². The first-order valence-corrected chi connectivity index (χ1v) is 9.76. The largest absolute Gasteiger partial charge is 0.317 e. The monoisotopic (exact) mass is 394 g/mol. The first-order chi connectivity index (χ1) is 9.98. The van der Waals surface area contributed by atoms with Gasteiger partial charge in [-0.2, -0.15) is 4.31 Å². The van der Waals surface area contributed by atoms with Crippen molar-refractivity contribution in [3.63, 3.8) is 0 Å². The van der Waals surface area contributed by atoms with Crippen LogP contribution in [-0.4, -0.2) is 38.4 Å². The van der Waals surface area contributed by atoms with Gasteiger partial charge in [0.2, 0.25) is 10.0 Å². The van der Waals surface area contributed by atoms with Gasteiger partial charge < -0.3 is 5.32 Å². The number of hydrogen-bond acceptors (Lipinski definition) is 3. The van der Waals surface area contributed by atoms with Gasteiger partial charge in [-0.3, -0.25) is 0 Å². The van der Waals surface area contributed by atoms with Gasteiger partial charge in [-0.05, 0) is 60.4 Å². The maximum atomic E-state index is 13.0. The summed E-state index contributed by atoms with van der Waals surface area (Å²) in [6.07, 6.45) is 2.48. The molecule has 1 aliphatic rings. The molecule has 0 atom stereocenters. The Kier molecular flexibility index (Phi) is 6.08. The van der Waals surface area contributed by atoms with Crippen molar-refractivity contribution in [1.82, 2.24) is 9.62 Å². The van der Waals surface area contributed by atoms with E-state index in [1.807, 2.05) is 6.92 Å². The smallest absolute Gasteiger partial charge is 0.244 e. The van der Waals surface area contributed by atoms with E-state index in [0.717, 1.165) is 32.4 Å². The van der Waals surface area contributed by atoms with Crippen LogP contribution in [0.1, 0.15) is 26.2 Å². The average molecular weight is 396 g/mol. The van der Waals surface area contributed by atoms with Crippen LogP contribution in [0.5, 0.6) is 0 Å². The van der Waals surface area contributed by atoms with Crippen molar-refractivity contribution in [2.24, 2.45) is 0 Å². The number of sulfonamides is 1. The maximum absolute atomic E-state index is 13.0. The highest BCUT2D eigenvalue weighted by atomic mass is 79.9. The standard InChI is InChI=1S/C14H20BrClN2O2S/c1-2-10-18(11-6-8-17-9-7-11)21(19,20)13-5-3-4-12(16)14(13)15/h3-5,11,17H,2,6-10H2,1H3. The lowest BCUT2D eigenvalue weighted by atomic mass is 10.1. The molecule has 1 fully saturated rings. The number of nitrogens with zero attached hydrogens (tertiary/aromatic N) is 1. The fraction of sp³-hybridized carbons (Fsp3) is 0.571. The third-order valence-electron chi connectivity index (χ3n) is 3.66. The van der Waals surface area contributed by atoms with Crippen LogP contribution < -0.4 is 5.32 Å². The Hall–Kier alpha value is -0.140. The van der Waals surface area contributed by atoms with E-state index in [0.29, 0.717) is 16.0 Å². The number of piperidine rings is 1. The molecule has 1 aliphatic heterocycles. The predicted molar refractivity (Wildman–Crippen MR) is 89.2 cm³/mol. The molecular formula is C14H20BrClN2O2S. The highest BCUT2D eigenvalue weighted by Gasteiger charge is 2.33. The van der Waals surface area contributed by atoms with Crippen LogP contribution in [0.3, 0.4) is 0 Å². The van der Waals surface area contributed by atoms with Gasteiger partial charge >= 0.3 is 0 Å². The van der Waals surface area contributed by atoms with Crippen molar-refractivity contribution in [2.75, 3.05) is 19.6 Å². The number of hydrogen-bond donors (Lipinski definition) is 1. The summed E-state index contributed by atoms with van der Waals surface area (Å²) in [5.74, 6) is 0. The molecule has 0 amide bonds. The minimum Gasteiger partial charge on any atom is -0.317 e. The molecule has 0 saturated carbocycles. The second-order valence-electron chi connectivity index (χ2n) is 5.15. The molecule has 0 unspecified atom stereocenters. The number of nitrogens with one attached hydrogen (secondary N) is 1. The van der Waals surface area contributed by atoms with Crippen LogP contribution in [0.25, 0.3) is 0 Å². The van der Waals surface area contributed by atoms with Gasteiger partial charge in [0.25, 0.3) is 0 Å². The molecule has 4 nitrogen and oxygen atoms in total. The highest BCUT2D eigenvalue weighted by Crippen LogP contribution is 2.33. The van der Waals surface area contributed by atoms with Crippen molar-refractivity contribution < 1.29 is 8.42 Å². The molecule has 0 aliphatic carbocycles. The van der Waals surface area contributed by atoms with E-state index in [-0.39, 0.29) is 10.9 Å². The van der Waals surface area contributed by atoms with Gasteiger partial charge in [0.15, 0.2) is 0 Å². The summed E-state index contributed by atoms with van der Waals surface area (Å²) in [5, 5.41) is 3.69. The zero-order chi connectivity index (χ0) is 15.5. The zero-order valence-electron chi connectivity index (χ0n) is 12.0. The molecule has 1 heterocycles. The van der Waals surface area contributed by atoms with Crippen molar-refractivity contribution in [3.8, 4) is 0 Å².